The molecule has 0 unspecified atom stereocenters. The van der Waals surface area contributed by atoms with Crippen LogP contribution >= 0.6 is 7.37 Å². The van der Waals surface area contributed by atoms with Crippen molar-refractivity contribution < 1.29 is 52.8 Å². The van der Waals surface area contributed by atoms with Gasteiger partial charge >= 0.3 is 31.4 Å². The monoisotopic (exact) mass is 697 g/mol. The molecule has 14 nitrogen and oxygen atoms in total. The molecule has 3 atom stereocenters. The summed E-state index contributed by atoms with van der Waals surface area (Å²) in [6, 6.07) is 22.7. The molecule has 0 spiro atoms. The molecule has 0 radical (unpaired) electrons. The lowest BCUT2D eigenvalue weighted by molar-refractivity contribution is -0.147. The SMILES string of the molecule is CC(=O)OP(=O)(c1ccccc1)c1ccccc1.CC(C)[C@H](NC(=O)OCc1ccccc1)C(=O)N[C@@H](C)C(=O)N[C@@H](CC(=O)O)C(=O)O. The van der Waals surface area contributed by atoms with Gasteiger partial charge in [-0.3, -0.25) is 23.7 Å². The van der Waals surface area contributed by atoms with E-state index in [1.807, 2.05) is 18.2 Å². The molecule has 262 valence electrons. The van der Waals surface area contributed by atoms with Gasteiger partial charge in [0.05, 0.1) is 17.0 Å². The number of hydrogen-bond acceptors (Lipinski definition) is 9. The van der Waals surface area contributed by atoms with E-state index >= 15 is 0 Å². The minimum Gasteiger partial charge on any atom is -0.481 e. The summed E-state index contributed by atoms with van der Waals surface area (Å²) in [4.78, 5) is 69.8. The zero-order valence-electron chi connectivity index (χ0n) is 27.4. The maximum absolute atomic E-state index is 13.0. The summed E-state index contributed by atoms with van der Waals surface area (Å²) in [5.41, 5.74) is 0.767. The van der Waals surface area contributed by atoms with Crippen LogP contribution < -0.4 is 26.6 Å². The first-order chi connectivity index (χ1) is 23.1. The topological polar surface area (TPSA) is 214 Å². The molecule has 0 aliphatic rings. The number of carboxylic acid groups (broad SMARTS) is 2. The lowest BCUT2D eigenvalue weighted by Gasteiger charge is -2.24. The number of ether oxygens (including phenoxy) is 1. The van der Waals surface area contributed by atoms with Gasteiger partial charge in [0.1, 0.15) is 24.7 Å². The number of alkyl carbamates (subject to hydrolysis) is 1. The van der Waals surface area contributed by atoms with Crippen molar-refractivity contribution in [1.82, 2.24) is 16.0 Å². The quantitative estimate of drug-likeness (QED) is 0.154. The summed E-state index contributed by atoms with van der Waals surface area (Å²) < 4.78 is 23.2. The minimum absolute atomic E-state index is 0.0120. The van der Waals surface area contributed by atoms with E-state index in [0.717, 1.165) is 5.56 Å². The van der Waals surface area contributed by atoms with Gasteiger partial charge in [-0.25, -0.2) is 9.59 Å². The van der Waals surface area contributed by atoms with E-state index in [1.165, 1.54) is 13.8 Å². The summed E-state index contributed by atoms with van der Waals surface area (Å²) in [6.07, 6.45) is -1.63. The van der Waals surface area contributed by atoms with Crippen molar-refractivity contribution >= 4 is 53.8 Å². The average Bonchev–Trinajstić information content (AvgIpc) is 3.06. The highest BCUT2D eigenvalue weighted by Crippen LogP contribution is 2.44. The van der Waals surface area contributed by atoms with Gasteiger partial charge in [-0.1, -0.05) is 80.6 Å². The predicted molar refractivity (Wildman–Crippen MR) is 179 cm³/mol. The Kier molecular flexibility index (Phi) is 15.7. The van der Waals surface area contributed by atoms with Crippen molar-refractivity contribution in [2.45, 2.75) is 58.8 Å². The number of nitrogens with one attached hydrogen (secondary N) is 3. The fraction of sp³-hybridized carbons (Fsp3) is 0.294. The van der Waals surface area contributed by atoms with Gasteiger partial charge in [-0.2, -0.15) is 0 Å². The highest BCUT2D eigenvalue weighted by Gasteiger charge is 2.31. The average molecular weight is 698 g/mol. The van der Waals surface area contributed by atoms with Crippen molar-refractivity contribution in [3.8, 4) is 0 Å². The fourth-order valence-corrected chi connectivity index (χ4v) is 6.15. The van der Waals surface area contributed by atoms with E-state index in [4.69, 9.17) is 19.5 Å². The number of hydrogen-bond donors (Lipinski definition) is 5. The summed E-state index contributed by atoms with van der Waals surface area (Å²) in [5.74, 6) is -5.38. The third-order valence-corrected chi connectivity index (χ3v) is 9.10. The Labute approximate surface area is 283 Å². The molecule has 3 aromatic rings. The Morgan fingerprint density at radius 3 is 1.63 bits per heavy atom. The van der Waals surface area contributed by atoms with Crippen LogP contribution in [-0.2, 0) is 44.4 Å². The van der Waals surface area contributed by atoms with Gasteiger partial charge in [0.15, 0.2) is 0 Å². The molecule has 15 heteroatoms. The number of rotatable bonds is 14. The summed E-state index contributed by atoms with van der Waals surface area (Å²) in [5, 5.41) is 25.6. The molecule has 3 aromatic carbocycles. The van der Waals surface area contributed by atoms with Crippen LogP contribution in [0, 0.1) is 5.92 Å². The number of carbonyl (C=O) groups is 6. The van der Waals surface area contributed by atoms with Crippen molar-refractivity contribution in [3.63, 3.8) is 0 Å². The van der Waals surface area contributed by atoms with E-state index in [2.05, 4.69) is 16.0 Å². The second-order valence-electron chi connectivity index (χ2n) is 11.0. The molecule has 0 saturated carbocycles. The molecule has 5 N–H and O–H groups in total. The number of carbonyl (C=O) groups excluding carboxylic acids is 4. The van der Waals surface area contributed by atoms with Gasteiger partial charge in [-0.05, 0) is 42.7 Å². The molecule has 0 aliphatic heterocycles. The number of benzene rings is 3. The standard InChI is InChI=1S/C20H27N3O8.C14H13O3P/c1-11(2)16(23-20(30)31-10-13-7-5-4-6-8-13)18(27)21-12(3)17(26)22-14(19(28)29)9-15(24)25;1-12(15)17-18(16,13-8-4-2-5-9-13)14-10-6-3-7-11-14/h4-8,11-12,14,16H,9-10H2,1-3H3,(H,21,27)(H,22,26)(H,23,30)(H,24,25)(H,28,29);2-11H,1H3/t12-,14-,16-;/m0./s1. The van der Waals surface area contributed by atoms with E-state index in [-0.39, 0.29) is 12.5 Å². The Hall–Kier alpha value is -5.49. The van der Waals surface area contributed by atoms with Crippen LogP contribution in [0.4, 0.5) is 4.79 Å². The smallest absolute Gasteiger partial charge is 0.408 e. The Bertz CT molecular complexity index is 1580. The molecule has 0 bridgehead atoms. The van der Waals surface area contributed by atoms with Crippen molar-refractivity contribution in [1.29, 1.82) is 0 Å². The van der Waals surface area contributed by atoms with E-state index in [1.54, 1.807) is 86.6 Å². The van der Waals surface area contributed by atoms with Gasteiger partial charge in [-0.15, -0.1) is 0 Å². The van der Waals surface area contributed by atoms with Crippen LogP contribution in [0.25, 0.3) is 0 Å². The zero-order valence-corrected chi connectivity index (χ0v) is 28.3. The molecular weight excluding hydrogens is 657 g/mol. The molecule has 3 rings (SSSR count). The van der Waals surface area contributed by atoms with Crippen LogP contribution in [0.2, 0.25) is 0 Å². The van der Waals surface area contributed by atoms with Crippen molar-refractivity contribution in [2.75, 3.05) is 0 Å². The molecule has 0 heterocycles. The van der Waals surface area contributed by atoms with E-state index in [0.29, 0.717) is 10.6 Å². The highest BCUT2D eigenvalue weighted by molar-refractivity contribution is 7.74. The summed E-state index contributed by atoms with van der Waals surface area (Å²) >= 11 is 0. The fourth-order valence-electron chi connectivity index (χ4n) is 4.15. The second-order valence-corrected chi connectivity index (χ2v) is 13.3. The molecule has 3 amide bonds. The molecule has 0 aromatic heterocycles. The maximum Gasteiger partial charge on any atom is 0.408 e. The molecule has 49 heavy (non-hydrogen) atoms. The van der Waals surface area contributed by atoms with Crippen LogP contribution in [0.5, 0.6) is 0 Å². The maximum atomic E-state index is 13.0. The molecule has 0 saturated heterocycles. The third-order valence-electron chi connectivity index (χ3n) is 6.63. The number of amides is 3. The highest BCUT2D eigenvalue weighted by atomic mass is 31.2. The normalized spacial score (nSPS) is 12.5. The lowest BCUT2D eigenvalue weighted by Crippen LogP contribution is -2.56. The van der Waals surface area contributed by atoms with Crippen LogP contribution in [-0.4, -0.2) is 64.2 Å². The molecule has 0 aliphatic carbocycles. The van der Waals surface area contributed by atoms with Crippen LogP contribution in [0.3, 0.4) is 0 Å². The van der Waals surface area contributed by atoms with Gasteiger partial charge in [0.2, 0.25) is 11.8 Å². The molecular formula is C34H40N3O11P. The second kappa shape index (κ2) is 19.4. The van der Waals surface area contributed by atoms with E-state index in [9.17, 15) is 33.3 Å². The summed E-state index contributed by atoms with van der Waals surface area (Å²) in [6.45, 7) is 5.94. The minimum atomic E-state index is -3.33. The van der Waals surface area contributed by atoms with Gasteiger partial charge in [0.25, 0.3) is 0 Å². The zero-order chi connectivity index (χ0) is 36.6. The van der Waals surface area contributed by atoms with E-state index < -0.39 is 67.7 Å². The first-order valence-corrected chi connectivity index (χ1v) is 16.7. The van der Waals surface area contributed by atoms with Gasteiger partial charge < -0.3 is 35.4 Å². The largest absolute Gasteiger partial charge is 0.481 e. The number of carboxylic acids is 2. The first-order valence-electron chi connectivity index (χ1n) is 15.1. The van der Waals surface area contributed by atoms with Crippen molar-refractivity contribution in [3.05, 3.63) is 96.6 Å². The Balaban J connectivity index is 0.000000389. The first kappa shape index (κ1) is 39.7. The van der Waals surface area contributed by atoms with Gasteiger partial charge in [0, 0.05) is 6.92 Å². The summed E-state index contributed by atoms with van der Waals surface area (Å²) in [7, 11) is -3.33. The van der Waals surface area contributed by atoms with Crippen LogP contribution in [0.15, 0.2) is 91.0 Å². The Morgan fingerprint density at radius 1 is 0.714 bits per heavy atom. The molecule has 0 fully saturated rings. The number of aliphatic carboxylic acids is 2. The third kappa shape index (κ3) is 13.3. The lowest BCUT2D eigenvalue weighted by atomic mass is 10.0. The van der Waals surface area contributed by atoms with Crippen LogP contribution in [0.1, 0.15) is 39.7 Å². The Morgan fingerprint density at radius 2 is 1.20 bits per heavy atom. The van der Waals surface area contributed by atoms with Crippen molar-refractivity contribution in [2.24, 2.45) is 5.92 Å². The predicted octanol–water partition coefficient (Wildman–Crippen LogP) is 2.96.